The minimum Gasteiger partial charge on any atom is -0.388 e. The molecule has 0 amide bonds. The summed E-state index contributed by atoms with van der Waals surface area (Å²) in [7, 11) is 6.00. The van der Waals surface area contributed by atoms with E-state index >= 15 is 0 Å². The van der Waals surface area contributed by atoms with Crippen molar-refractivity contribution in [3.63, 3.8) is 0 Å². The van der Waals surface area contributed by atoms with Gasteiger partial charge in [0.1, 0.15) is 35.8 Å². The number of rotatable bonds is 2. The van der Waals surface area contributed by atoms with E-state index in [4.69, 9.17) is 4.74 Å². The van der Waals surface area contributed by atoms with Crippen molar-refractivity contribution in [2.75, 3.05) is 28.2 Å². The Morgan fingerprint density at radius 3 is 2.23 bits per heavy atom. The van der Waals surface area contributed by atoms with Gasteiger partial charge in [0, 0.05) is 14.1 Å². The van der Waals surface area contributed by atoms with Crippen molar-refractivity contribution in [3.05, 3.63) is 0 Å². The van der Waals surface area contributed by atoms with Crippen LogP contribution in [0, 0.1) is 0 Å². The quantitative estimate of drug-likeness (QED) is 0.733. The zero-order valence-electron chi connectivity index (χ0n) is 12.7. The molecule has 6 nitrogen and oxygen atoms in total. The molecule has 1 saturated heterocycles. The molecule has 2 aliphatic heterocycles. The number of alkyl halides is 3. The first-order chi connectivity index (χ1) is 10.0. The zero-order chi connectivity index (χ0) is 16.8. The average molecular weight is 343 g/mol. The standard InChI is InChI=1S/C12H20F3N3O3S/c1-17(2)9(12(13,14)15)8-7(20)6(19)5-10(21-8)22-11(16-5)18(3)4/h5-10,19-20H,1-4H3/t5-,6-,7+,8?,9-,10-/m1/s1. The maximum Gasteiger partial charge on any atom is 0.406 e. The van der Waals surface area contributed by atoms with Crippen molar-refractivity contribution in [2.24, 2.45) is 4.99 Å². The Balaban J connectivity index is 2.24. The maximum atomic E-state index is 13.2. The van der Waals surface area contributed by atoms with E-state index in [0.717, 1.165) is 16.7 Å². The number of halogens is 3. The van der Waals surface area contributed by atoms with Crippen molar-refractivity contribution < 1.29 is 28.1 Å². The van der Waals surface area contributed by atoms with Gasteiger partial charge in [0.25, 0.3) is 0 Å². The van der Waals surface area contributed by atoms with Gasteiger partial charge in [-0.25, -0.2) is 0 Å². The predicted molar refractivity (Wildman–Crippen MR) is 76.7 cm³/mol. The SMILES string of the molecule is CN(C)C1=N[C@@H]2[C@@H](O)[C@H](O)C([C@@H](N(C)C)C(F)(F)F)O[C@@H]2S1. The zero-order valence-corrected chi connectivity index (χ0v) is 13.5. The van der Waals surface area contributed by atoms with E-state index < -0.39 is 42.0 Å². The summed E-state index contributed by atoms with van der Waals surface area (Å²) < 4.78 is 45.2. The molecule has 2 N–H and O–H groups in total. The number of likely N-dealkylation sites (N-methyl/N-ethyl adjacent to an activating group) is 1. The second kappa shape index (κ2) is 6.16. The molecule has 2 heterocycles. The van der Waals surface area contributed by atoms with Crippen molar-refractivity contribution in [1.82, 2.24) is 9.80 Å². The number of fused-ring (bicyclic) bond motifs is 1. The van der Waals surface area contributed by atoms with Crippen LogP contribution in [0.2, 0.25) is 0 Å². The van der Waals surface area contributed by atoms with Gasteiger partial charge in [-0.15, -0.1) is 0 Å². The van der Waals surface area contributed by atoms with Crippen LogP contribution >= 0.6 is 11.8 Å². The molecule has 0 aromatic carbocycles. The minimum atomic E-state index is -4.59. The van der Waals surface area contributed by atoms with Gasteiger partial charge in [-0.05, 0) is 14.1 Å². The number of nitrogens with zero attached hydrogens (tertiary/aromatic N) is 3. The molecular formula is C12H20F3N3O3S. The van der Waals surface area contributed by atoms with E-state index in [9.17, 15) is 23.4 Å². The molecule has 0 aromatic heterocycles. The van der Waals surface area contributed by atoms with Crippen molar-refractivity contribution in [3.8, 4) is 0 Å². The molecule has 2 rings (SSSR count). The Morgan fingerprint density at radius 1 is 1.18 bits per heavy atom. The lowest BCUT2D eigenvalue weighted by Crippen LogP contribution is -2.64. The first-order valence-electron chi connectivity index (χ1n) is 6.70. The maximum absolute atomic E-state index is 13.2. The topological polar surface area (TPSA) is 68.5 Å². The van der Waals surface area contributed by atoms with Crippen LogP contribution in [-0.4, -0.2) is 95.4 Å². The van der Waals surface area contributed by atoms with E-state index in [1.54, 1.807) is 19.0 Å². The molecule has 0 radical (unpaired) electrons. The van der Waals surface area contributed by atoms with E-state index in [0.29, 0.717) is 5.17 Å². The van der Waals surface area contributed by atoms with Gasteiger partial charge in [-0.2, -0.15) is 13.2 Å². The smallest absolute Gasteiger partial charge is 0.388 e. The van der Waals surface area contributed by atoms with Crippen LogP contribution in [0.5, 0.6) is 0 Å². The lowest BCUT2D eigenvalue weighted by atomic mass is 9.93. The molecule has 2 aliphatic rings. The van der Waals surface area contributed by atoms with Crippen LogP contribution in [0.25, 0.3) is 0 Å². The molecule has 0 saturated carbocycles. The number of thioether (sulfide) groups is 1. The minimum absolute atomic E-state index is 0.551. The highest BCUT2D eigenvalue weighted by Gasteiger charge is 2.57. The normalized spacial score (nSPS) is 37.0. The first kappa shape index (κ1) is 17.8. The molecular weight excluding hydrogens is 323 g/mol. The summed E-state index contributed by atoms with van der Waals surface area (Å²) in [6.45, 7) is 0. The van der Waals surface area contributed by atoms with Gasteiger partial charge in [0.05, 0.1) is 0 Å². The highest BCUT2D eigenvalue weighted by Crippen LogP contribution is 2.40. The molecule has 0 bridgehead atoms. The average Bonchev–Trinajstić information content (AvgIpc) is 2.77. The predicted octanol–water partition coefficient (Wildman–Crippen LogP) is -0.0414. The number of aliphatic hydroxyl groups excluding tert-OH is 2. The Morgan fingerprint density at radius 2 is 1.77 bits per heavy atom. The fraction of sp³-hybridized carbons (Fsp3) is 0.917. The lowest BCUT2D eigenvalue weighted by Gasteiger charge is -2.43. The van der Waals surface area contributed by atoms with E-state index in [2.05, 4.69) is 4.99 Å². The molecule has 128 valence electrons. The number of hydrogen-bond acceptors (Lipinski definition) is 7. The first-order valence-corrected chi connectivity index (χ1v) is 7.58. The molecule has 1 fully saturated rings. The third-order valence-electron chi connectivity index (χ3n) is 3.67. The van der Waals surface area contributed by atoms with E-state index in [1.807, 2.05) is 0 Å². The molecule has 0 aliphatic carbocycles. The number of hydrogen-bond donors (Lipinski definition) is 2. The van der Waals surface area contributed by atoms with Crippen LogP contribution in [0.15, 0.2) is 4.99 Å². The summed E-state index contributed by atoms with van der Waals surface area (Å²) in [5.41, 5.74) is -0.745. The van der Waals surface area contributed by atoms with Gasteiger partial charge in [-0.1, -0.05) is 11.8 Å². The Hall–Kier alpha value is -0.550. The summed E-state index contributed by atoms with van der Waals surface area (Å²) in [5.74, 6) is 0. The summed E-state index contributed by atoms with van der Waals surface area (Å²) >= 11 is 1.15. The van der Waals surface area contributed by atoms with Crippen LogP contribution in [-0.2, 0) is 4.74 Å². The lowest BCUT2D eigenvalue weighted by molar-refractivity contribution is -0.248. The van der Waals surface area contributed by atoms with Crippen molar-refractivity contribution in [1.29, 1.82) is 0 Å². The van der Waals surface area contributed by atoms with Crippen molar-refractivity contribution >= 4 is 16.9 Å². The molecule has 22 heavy (non-hydrogen) atoms. The second-order valence-corrected chi connectivity index (χ2v) is 6.88. The number of amidine groups is 1. The van der Waals surface area contributed by atoms with Gasteiger partial charge in [0.15, 0.2) is 5.17 Å². The third kappa shape index (κ3) is 3.21. The van der Waals surface area contributed by atoms with Crippen LogP contribution in [0.1, 0.15) is 0 Å². The molecule has 6 atom stereocenters. The molecule has 1 unspecified atom stereocenters. The summed E-state index contributed by atoms with van der Waals surface area (Å²) in [5, 5.41) is 20.8. The van der Waals surface area contributed by atoms with Crippen LogP contribution in [0.3, 0.4) is 0 Å². The Kier molecular flexibility index (Phi) is 4.98. The Bertz CT molecular complexity index is 447. The highest BCUT2D eigenvalue weighted by atomic mass is 32.2. The molecule has 0 aromatic rings. The van der Waals surface area contributed by atoms with Gasteiger partial charge < -0.3 is 19.8 Å². The number of ether oxygens (including phenoxy) is 1. The summed E-state index contributed by atoms with van der Waals surface area (Å²) in [6, 6.07) is -2.79. The largest absolute Gasteiger partial charge is 0.406 e. The molecule has 10 heteroatoms. The summed E-state index contributed by atoms with van der Waals surface area (Å²) in [4.78, 5) is 6.84. The summed E-state index contributed by atoms with van der Waals surface area (Å²) in [6.07, 6.45) is -9.23. The van der Waals surface area contributed by atoms with Gasteiger partial charge in [0.2, 0.25) is 0 Å². The van der Waals surface area contributed by atoms with Gasteiger partial charge in [-0.3, -0.25) is 9.89 Å². The monoisotopic (exact) mass is 343 g/mol. The Labute approximate surface area is 130 Å². The van der Waals surface area contributed by atoms with E-state index in [1.165, 1.54) is 14.1 Å². The fourth-order valence-electron chi connectivity index (χ4n) is 2.62. The second-order valence-electron chi connectivity index (χ2n) is 5.81. The van der Waals surface area contributed by atoms with Crippen LogP contribution < -0.4 is 0 Å². The van der Waals surface area contributed by atoms with Gasteiger partial charge >= 0.3 is 6.18 Å². The third-order valence-corrected chi connectivity index (χ3v) is 4.98. The molecule has 0 spiro atoms. The highest BCUT2D eigenvalue weighted by molar-refractivity contribution is 8.14. The number of aliphatic imine (C=N–C) groups is 1. The van der Waals surface area contributed by atoms with Crippen LogP contribution in [0.4, 0.5) is 13.2 Å². The van der Waals surface area contributed by atoms with Crippen molar-refractivity contribution in [2.45, 2.75) is 42.0 Å². The fourth-order valence-corrected chi connectivity index (χ4v) is 3.77. The van der Waals surface area contributed by atoms with E-state index in [-0.39, 0.29) is 0 Å². The number of aliphatic hydroxyl groups is 2.